The highest BCUT2D eigenvalue weighted by molar-refractivity contribution is 5.83. The van der Waals surface area contributed by atoms with Gasteiger partial charge in [-0.05, 0) is 36.2 Å². The van der Waals surface area contributed by atoms with Crippen molar-refractivity contribution in [2.24, 2.45) is 0 Å². The van der Waals surface area contributed by atoms with E-state index in [0.717, 1.165) is 28.6 Å². The average Bonchev–Trinajstić information content (AvgIpc) is 3.30. The predicted octanol–water partition coefficient (Wildman–Crippen LogP) is 3.28. The molecule has 2 aromatic carbocycles. The minimum atomic E-state index is 0.0343. The van der Waals surface area contributed by atoms with Crippen molar-refractivity contribution in [2.75, 3.05) is 13.7 Å². The third-order valence-corrected chi connectivity index (χ3v) is 4.79. The number of amides is 1. The first-order valence-corrected chi connectivity index (χ1v) is 9.06. The zero-order chi connectivity index (χ0) is 18.6. The summed E-state index contributed by atoms with van der Waals surface area (Å²) in [5.41, 5.74) is 3.35. The zero-order valence-corrected chi connectivity index (χ0v) is 15.2. The van der Waals surface area contributed by atoms with Gasteiger partial charge in [0.1, 0.15) is 5.75 Å². The molecule has 2 N–H and O–H groups in total. The SMILES string of the molecule is COc1ccc2c(cnn2CCC(=O)NCCc2c[nH]c3ccccc23)c1. The highest BCUT2D eigenvalue weighted by Gasteiger charge is 2.08. The summed E-state index contributed by atoms with van der Waals surface area (Å²) in [4.78, 5) is 15.4. The Labute approximate surface area is 157 Å². The predicted molar refractivity (Wildman–Crippen MR) is 106 cm³/mol. The van der Waals surface area contributed by atoms with Crippen LogP contribution in [0.1, 0.15) is 12.0 Å². The Kier molecular flexibility index (Phi) is 4.78. The monoisotopic (exact) mass is 362 g/mol. The number of aromatic nitrogens is 3. The van der Waals surface area contributed by atoms with E-state index in [4.69, 9.17) is 4.74 Å². The van der Waals surface area contributed by atoms with Crippen molar-refractivity contribution in [2.45, 2.75) is 19.4 Å². The third-order valence-electron chi connectivity index (χ3n) is 4.79. The molecule has 0 aliphatic carbocycles. The molecule has 27 heavy (non-hydrogen) atoms. The van der Waals surface area contributed by atoms with Gasteiger partial charge in [0, 0.05) is 35.5 Å². The van der Waals surface area contributed by atoms with Crippen LogP contribution in [0.4, 0.5) is 0 Å². The van der Waals surface area contributed by atoms with Crippen molar-refractivity contribution in [3.8, 4) is 5.75 Å². The van der Waals surface area contributed by atoms with Crippen LogP contribution in [0, 0.1) is 0 Å². The number of ether oxygens (including phenoxy) is 1. The molecular formula is C21H22N4O2. The highest BCUT2D eigenvalue weighted by atomic mass is 16.5. The second-order valence-electron chi connectivity index (χ2n) is 6.50. The van der Waals surface area contributed by atoms with E-state index in [9.17, 15) is 4.79 Å². The van der Waals surface area contributed by atoms with Gasteiger partial charge in [-0.25, -0.2) is 0 Å². The molecule has 0 fully saturated rings. The molecule has 0 radical (unpaired) electrons. The van der Waals surface area contributed by atoms with E-state index in [2.05, 4.69) is 27.5 Å². The van der Waals surface area contributed by atoms with Gasteiger partial charge in [0.25, 0.3) is 0 Å². The normalized spacial score (nSPS) is 11.1. The standard InChI is InChI=1S/C21H22N4O2/c1-27-17-6-7-20-16(12-17)14-24-25(20)11-9-21(26)22-10-8-15-13-23-19-5-3-2-4-18(15)19/h2-7,12-14,23H,8-11H2,1H3,(H,22,26). The van der Waals surface area contributed by atoms with Crippen LogP contribution in [-0.4, -0.2) is 34.3 Å². The molecule has 4 rings (SSSR count). The van der Waals surface area contributed by atoms with E-state index in [1.54, 1.807) is 13.3 Å². The lowest BCUT2D eigenvalue weighted by Crippen LogP contribution is -2.26. The van der Waals surface area contributed by atoms with Gasteiger partial charge in [0.2, 0.25) is 5.91 Å². The number of benzene rings is 2. The van der Waals surface area contributed by atoms with Crippen molar-refractivity contribution in [3.63, 3.8) is 0 Å². The van der Waals surface area contributed by atoms with E-state index in [0.29, 0.717) is 19.5 Å². The number of methoxy groups -OCH3 is 1. The smallest absolute Gasteiger partial charge is 0.221 e. The van der Waals surface area contributed by atoms with Crippen molar-refractivity contribution in [1.82, 2.24) is 20.1 Å². The van der Waals surface area contributed by atoms with E-state index < -0.39 is 0 Å². The number of nitrogens with zero attached hydrogens (tertiary/aromatic N) is 2. The number of aromatic amines is 1. The number of carbonyl (C=O) groups is 1. The topological polar surface area (TPSA) is 71.9 Å². The molecule has 0 aliphatic heterocycles. The van der Waals surface area contributed by atoms with Crippen LogP contribution in [-0.2, 0) is 17.8 Å². The third kappa shape index (κ3) is 3.65. The molecule has 0 unspecified atom stereocenters. The molecule has 0 bridgehead atoms. The van der Waals surface area contributed by atoms with Crippen LogP contribution < -0.4 is 10.1 Å². The molecule has 2 aromatic heterocycles. The Hall–Kier alpha value is -3.28. The molecule has 0 saturated heterocycles. The van der Waals surface area contributed by atoms with Gasteiger partial charge in [-0.1, -0.05) is 18.2 Å². The highest BCUT2D eigenvalue weighted by Crippen LogP contribution is 2.20. The Balaban J connectivity index is 1.30. The van der Waals surface area contributed by atoms with Crippen LogP contribution in [0.25, 0.3) is 21.8 Å². The second kappa shape index (κ2) is 7.53. The number of fused-ring (bicyclic) bond motifs is 2. The Morgan fingerprint density at radius 2 is 2.15 bits per heavy atom. The van der Waals surface area contributed by atoms with Gasteiger partial charge >= 0.3 is 0 Å². The van der Waals surface area contributed by atoms with E-state index in [1.807, 2.05) is 41.2 Å². The molecule has 6 nitrogen and oxygen atoms in total. The van der Waals surface area contributed by atoms with Crippen LogP contribution in [0.2, 0.25) is 0 Å². The molecule has 6 heteroatoms. The van der Waals surface area contributed by atoms with Crippen LogP contribution in [0.3, 0.4) is 0 Å². The molecule has 0 saturated carbocycles. The molecule has 0 atom stereocenters. The van der Waals surface area contributed by atoms with Gasteiger partial charge in [-0.3, -0.25) is 9.48 Å². The maximum atomic E-state index is 12.2. The quantitative estimate of drug-likeness (QED) is 0.530. The summed E-state index contributed by atoms with van der Waals surface area (Å²) in [6.07, 6.45) is 5.02. The van der Waals surface area contributed by atoms with E-state index >= 15 is 0 Å². The average molecular weight is 362 g/mol. The number of rotatable bonds is 7. The first kappa shape index (κ1) is 17.1. The molecular weight excluding hydrogens is 340 g/mol. The maximum absolute atomic E-state index is 12.2. The van der Waals surface area contributed by atoms with Crippen molar-refractivity contribution in [1.29, 1.82) is 0 Å². The largest absolute Gasteiger partial charge is 0.497 e. The zero-order valence-electron chi connectivity index (χ0n) is 15.2. The summed E-state index contributed by atoms with van der Waals surface area (Å²) in [6, 6.07) is 14.0. The van der Waals surface area contributed by atoms with Gasteiger partial charge in [-0.2, -0.15) is 5.10 Å². The fraction of sp³-hybridized carbons (Fsp3) is 0.238. The number of hydrogen-bond donors (Lipinski definition) is 2. The number of hydrogen-bond acceptors (Lipinski definition) is 3. The maximum Gasteiger partial charge on any atom is 0.221 e. The van der Waals surface area contributed by atoms with Crippen molar-refractivity contribution < 1.29 is 9.53 Å². The van der Waals surface area contributed by atoms with E-state index in [-0.39, 0.29) is 5.91 Å². The molecule has 4 aromatic rings. The minimum Gasteiger partial charge on any atom is -0.497 e. The lowest BCUT2D eigenvalue weighted by Gasteiger charge is -2.06. The Morgan fingerprint density at radius 3 is 3.04 bits per heavy atom. The fourth-order valence-electron chi connectivity index (χ4n) is 3.34. The number of para-hydroxylation sites is 1. The van der Waals surface area contributed by atoms with Crippen LogP contribution in [0.5, 0.6) is 5.75 Å². The summed E-state index contributed by atoms with van der Waals surface area (Å²) < 4.78 is 7.08. The van der Waals surface area contributed by atoms with Crippen molar-refractivity contribution >= 4 is 27.7 Å². The molecule has 0 spiro atoms. The first-order chi connectivity index (χ1) is 13.2. The van der Waals surface area contributed by atoms with Gasteiger partial charge in [0.15, 0.2) is 0 Å². The minimum absolute atomic E-state index is 0.0343. The fourth-order valence-corrected chi connectivity index (χ4v) is 3.34. The molecule has 138 valence electrons. The summed E-state index contributed by atoms with van der Waals surface area (Å²) in [5, 5.41) is 9.60. The Morgan fingerprint density at radius 1 is 1.26 bits per heavy atom. The molecule has 0 aliphatic rings. The van der Waals surface area contributed by atoms with Crippen LogP contribution in [0.15, 0.2) is 54.9 Å². The number of aryl methyl sites for hydroxylation is 1. The van der Waals surface area contributed by atoms with Crippen LogP contribution >= 0.6 is 0 Å². The number of H-pyrrole nitrogens is 1. The van der Waals surface area contributed by atoms with Crippen molar-refractivity contribution in [3.05, 3.63) is 60.4 Å². The molecule has 1 amide bonds. The van der Waals surface area contributed by atoms with E-state index in [1.165, 1.54) is 10.9 Å². The first-order valence-electron chi connectivity index (χ1n) is 9.06. The lowest BCUT2D eigenvalue weighted by atomic mass is 10.1. The van der Waals surface area contributed by atoms with Gasteiger partial charge in [-0.15, -0.1) is 0 Å². The molecule has 2 heterocycles. The summed E-state index contributed by atoms with van der Waals surface area (Å²) in [7, 11) is 1.65. The van der Waals surface area contributed by atoms with Gasteiger partial charge in [0.05, 0.1) is 25.4 Å². The number of nitrogens with one attached hydrogen (secondary N) is 2. The second-order valence-corrected chi connectivity index (χ2v) is 6.50. The summed E-state index contributed by atoms with van der Waals surface area (Å²) in [5.74, 6) is 0.837. The summed E-state index contributed by atoms with van der Waals surface area (Å²) >= 11 is 0. The number of carbonyl (C=O) groups excluding carboxylic acids is 1. The van der Waals surface area contributed by atoms with Gasteiger partial charge < -0.3 is 15.0 Å². The lowest BCUT2D eigenvalue weighted by molar-refractivity contribution is -0.121. The summed E-state index contributed by atoms with van der Waals surface area (Å²) in [6.45, 7) is 1.17. The Bertz CT molecular complexity index is 1080.